The van der Waals surface area contributed by atoms with Crippen LogP contribution in [0.4, 0.5) is 14.5 Å². The summed E-state index contributed by atoms with van der Waals surface area (Å²) in [6.45, 7) is 1.39. The van der Waals surface area contributed by atoms with Gasteiger partial charge >= 0.3 is 0 Å². The molecule has 6 rings (SSSR count). The van der Waals surface area contributed by atoms with Gasteiger partial charge in [0, 0.05) is 49.6 Å². The van der Waals surface area contributed by atoms with E-state index < -0.39 is 15.8 Å². The second-order valence-corrected chi connectivity index (χ2v) is 13.8. The van der Waals surface area contributed by atoms with E-state index >= 15 is 0 Å². The van der Waals surface area contributed by atoms with E-state index in [0.29, 0.717) is 39.8 Å². The summed E-state index contributed by atoms with van der Waals surface area (Å²) in [7, 11) is -0.616. The number of nitrogens with one attached hydrogen (secondary N) is 2. The molecule has 1 saturated heterocycles. The van der Waals surface area contributed by atoms with Gasteiger partial charge in [-0.3, -0.25) is 9.10 Å². The topological polar surface area (TPSA) is 98.7 Å². The number of aromatic nitrogens is 1. The Labute approximate surface area is 252 Å². The van der Waals surface area contributed by atoms with E-state index in [9.17, 15) is 22.0 Å². The summed E-state index contributed by atoms with van der Waals surface area (Å²) < 4.78 is 63.1. The highest BCUT2D eigenvalue weighted by Crippen LogP contribution is 2.43. The van der Waals surface area contributed by atoms with Crippen molar-refractivity contribution in [2.45, 2.75) is 23.8 Å². The van der Waals surface area contributed by atoms with Gasteiger partial charge in [-0.15, -0.1) is 0 Å². The van der Waals surface area contributed by atoms with E-state index in [1.807, 2.05) is 18.2 Å². The quantitative estimate of drug-likeness (QED) is 0.201. The number of furan rings is 1. The van der Waals surface area contributed by atoms with Gasteiger partial charge < -0.3 is 14.7 Å². The number of H-pyrrole nitrogens is 1. The molecule has 1 aliphatic heterocycles. The third-order valence-electron chi connectivity index (χ3n) is 7.87. The van der Waals surface area contributed by atoms with E-state index in [2.05, 4.69) is 14.6 Å². The van der Waals surface area contributed by atoms with E-state index in [4.69, 9.17) is 4.42 Å². The molecule has 224 valence electrons. The molecule has 43 heavy (non-hydrogen) atoms. The summed E-state index contributed by atoms with van der Waals surface area (Å²) in [5.41, 5.74) is 2.84. The number of hydrogen-bond acceptors (Lipinski definition) is 6. The lowest BCUT2D eigenvalue weighted by Gasteiger charge is -2.33. The van der Waals surface area contributed by atoms with Gasteiger partial charge in [-0.05, 0) is 78.7 Å². The maximum Gasteiger partial charge on any atom is 0.255 e. The summed E-state index contributed by atoms with van der Waals surface area (Å²) in [6, 6.07) is 16.0. The van der Waals surface area contributed by atoms with E-state index in [-0.39, 0.29) is 23.4 Å². The van der Waals surface area contributed by atoms with Crippen LogP contribution in [0.3, 0.4) is 0 Å². The SMILES string of the molecule is CNC(=O)c1c(-c2ccc(F)cc2)oc2cc(N(C)S(C)(=O)=O)c([C@H]3CCCN(Sc4cc5cccc(F)c5[nH]4)C3)cc12. The van der Waals surface area contributed by atoms with Crippen LogP contribution in [0.25, 0.3) is 33.2 Å². The zero-order chi connectivity index (χ0) is 30.5. The first kappa shape index (κ1) is 29.2. The van der Waals surface area contributed by atoms with Gasteiger partial charge in [-0.2, -0.15) is 0 Å². The Bertz CT molecular complexity index is 1950. The van der Waals surface area contributed by atoms with Crippen LogP contribution in [0.1, 0.15) is 34.7 Å². The standard InChI is InChI=1S/C31H30F2N4O4S2/c1-34-31(38)28-23-15-22(20-7-5-13-37(17-20)42-27-14-19-6-4-8-24(33)29(19)35-27)25(36(2)43(3,39)40)16-26(23)41-30(28)18-9-11-21(32)12-10-18/h4,6,8-12,14-16,20,35H,5,7,13,17H2,1-3H3,(H,34,38)/t20-/m0/s1. The Hall–Kier alpha value is -3.87. The minimum absolute atomic E-state index is 0.0762. The van der Waals surface area contributed by atoms with Crippen LogP contribution in [0.5, 0.6) is 0 Å². The number of anilines is 1. The van der Waals surface area contributed by atoms with Crippen molar-refractivity contribution in [3.63, 3.8) is 0 Å². The molecule has 0 unspecified atom stereocenters. The minimum atomic E-state index is -3.64. The van der Waals surface area contributed by atoms with Crippen molar-refractivity contribution < 1.29 is 26.4 Å². The number of aromatic amines is 1. The summed E-state index contributed by atoms with van der Waals surface area (Å²) >= 11 is 1.50. The lowest BCUT2D eigenvalue weighted by Crippen LogP contribution is -2.31. The lowest BCUT2D eigenvalue weighted by atomic mass is 9.89. The molecule has 3 heterocycles. The number of sulfonamides is 1. The van der Waals surface area contributed by atoms with Gasteiger partial charge in [-0.1, -0.05) is 12.1 Å². The molecular formula is C31H30F2N4O4S2. The fourth-order valence-corrected chi connectivity index (χ4v) is 7.24. The molecule has 2 N–H and O–H groups in total. The molecule has 0 spiro atoms. The molecular weight excluding hydrogens is 594 g/mol. The maximum atomic E-state index is 14.3. The molecule has 1 atom stereocenters. The first-order valence-electron chi connectivity index (χ1n) is 13.8. The number of nitrogens with zero attached hydrogens (tertiary/aromatic N) is 2. The van der Waals surface area contributed by atoms with Crippen molar-refractivity contribution in [1.29, 1.82) is 0 Å². The molecule has 0 saturated carbocycles. The Kier molecular flexibility index (Phi) is 7.69. The Balaban J connectivity index is 1.44. The van der Waals surface area contributed by atoms with Crippen molar-refractivity contribution >= 4 is 55.4 Å². The molecule has 8 nitrogen and oxygen atoms in total. The zero-order valence-electron chi connectivity index (χ0n) is 23.8. The molecule has 1 amide bonds. The number of hydrogen-bond donors (Lipinski definition) is 2. The predicted molar refractivity (Wildman–Crippen MR) is 166 cm³/mol. The maximum absolute atomic E-state index is 14.3. The number of rotatable bonds is 7. The van der Waals surface area contributed by atoms with Crippen molar-refractivity contribution in [1.82, 2.24) is 14.6 Å². The summed E-state index contributed by atoms with van der Waals surface area (Å²) in [5.74, 6) is -0.910. The van der Waals surface area contributed by atoms with Crippen LogP contribution in [-0.4, -0.2) is 57.1 Å². The van der Waals surface area contributed by atoms with Crippen molar-refractivity contribution in [2.24, 2.45) is 0 Å². The monoisotopic (exact) mass is 624 g/mol. The zero-order valence-corrected chi connectivity index (χ0v) is 25.4. The van der Waals surface area contributed by atoms with Crippen LogP contribution < -0.4 is 9.62 Å². The lowest BCUT2D eigenvalue weighted by molar-refractivity contribution is 0.0964. The number of benzene rings is 3. The van der Waals surface area contributed by atoms with E-state index in [0.717, 1.165) is 41.6 Å². The molecule has 0 bridgehead atoms. The second-order valence-electron chi connectivity index (χ2n) is 10.7. The van der Waals surface area contributed by atoms with Crippen LogP contribution >= 0.6 is 11.9 Å². The van der Waals surface area contributed by atoms with E-state index in [1.54, 1.807) is 12.1 Å². The Morgan fingerprint density at radius 1 is 1.14 bits per heavy atom. The largest absolute Gasteiger partial charge is 0.455 e. The molecule has 2 aromatic heterocycles. The van der Waals surface area contributed by atoms with Crippen LogP contribution in [0.15, 0.2) is 70.1 Å². The molecule has 0 aliphatic carbocycles. The highest BCUT2D eigenvalue weighted by molar-refractivity contribution is 7.97. The normalized spacial score (nSPS) is 16.2. The van der Waals surface area contributed by atoms with Gasteiger partial charge in [0.15, 0.2) is 0 Å². The fraction of sp³-hybridized carbons (Fsp3) is 0.258. The molecule has 5 aromatic rings. The first-order chi connectivity index (χ1) is 20.5. The van der Waals surface area contributed by atoms with Crippen molar-refractivity contribution in [2.75, 3.05) is 37.7 Å². The molecule has 1 fully saturated rings. The number of halogens is 2. The van der Waals surface area contributed by atoms with E-state index in [1.165, 1.54) is 60.7 Å². The van der Waals surface area contributed by atoms with Crippen LogP contribution in [-0.2, 0) is 10.0 Å². The number of amides is 1. The van der Waals surface area contributed by atoms with Gasteiger partial charge in [-0.25, -0.2) is 21.5 Å². The summed E-state index contributed by atoms with van der Waals surface area (Å²) in [5, 5.41) is 4.81. The highest BCUT2D eigenvalue weighted by Gasteiger charge is 2.30. The summed E-state index contributed by atoms with van der Waals surface area (Å²) in [4.78, 5) is 16.3. The molecule has 1 aliphatic rings. The molecule has 12 heteroatoms. The third-order valence-corrected chi connectivity index (χ3v) is 10.1. The second kappa shape index (κ2) is 11.3. The predicted octanol–water partition coefficient (Wildman–Crippen LogP) is 6.50. The smallest absolute Gasteiger partial charge is 0.255 e. The number of fused-ring (bicyclic) bond motifs is 2. The van der Waals surface area contributed by atoms with Gasteiger partial charge in [0.05, 0.1) is 28.0 Å². The Morgan fingerprint density at radius 3 is 2.60 bits per heavy atom. The summed E-state index contributed by atoms with van der Waals surface area (Å²) in [6.07, 6.45) is 2.79. The Morgan fingerprint density at radius 2 is 1.91 bits per heavy atom. The first-order valence-corrected chi connectivity index (χ1v) is 16.4. The average Bonchev–Trinajstić information content (AvgIpc) is 3.57. The molecule has 0 radical (unpaired) electrons. The van der Waals surface area contributed by atoms with Crippen LogP contribution in [0, 0.1) is 11.6 Å². The van der Waals surface area contributed by atoms with Crippen molar-refractivity contribution in [3.8, 4) is 11.3 Å². The highest BCUT2D eigenvalue weighted by atomic mass is 32.2. The minimum Gasteiger partial charge on any atom is -0.455 e. The number of carbonyl (C=O) groups is 1. The molecule has 3 aromatic carbocycles. The van der Waals surface area contributed by atoms with Gasteiger partial charge in [0.1, 0.15) is 23.0 Å². The van der Waals surface area contributed by atoms with Gasteiger partial charge in [0.2, 0.25) is 10.0 Å². The number of piperidine rings is 1. The average molecular weight is 625 g/mol. The third kappa shape index (κ3) is 5.62. The number of carbonyl (C=O) groups excluding carboxylic acids is 1. The van der Waals surface area contributed by atoms with Gasteiger partial charge in [0.25, 0.3) is 5.91 Å². The fourth-order valence-electron chi connectivity index (χ4n) is 5.64. The number of para-hydroxylation sites is 1. The van der Waals surface area contributed by atoms with Crippen LogP contribution in [0.2, 0.25) is 0 Å². The van der Waals surface area contributed by atoms with Crippen molar-refractivity contribution in [3.05, 3.63) is 83.4 Å².